The van der Waals surface area contributed by atoms with Gasteiger partial charge in [0.2, 0.25) is 6.79 Å². The van der Waals surface area contributed by atoms with Gasteiger partial charge in [-0.1, -0.05) is 19.1 Å². The highest BCUT2D eigenvalue weighted by Gasteiger charge is 2.43. The molecule has 2 N–H and O–H groups in total. The number of halogens is 2. The molecule has 12 heteroatoms. The molecule has 0 saturated carbocycles. The molecule has 1 aromatic rings. The lowest BCUT2D eigenvalue weighted by atomic mass is 9.72. The van der Waals surface area contributed by atoms with Crippen molar-refractivity contribution in [2.45, 2.75) is 58.0 Å². The summed E-state index contributed by atoms with van der Waals surface area (Å²) < 4.78 is 47.5. The van der Waals surface area contributed by atoms with Crippen LogP contribution in [0, 0.1) is 0 Å². The third-order valence-corrected chi connectivity index (χ3v) is 4.81. The van der Waals surface area contributed by atoms with Crippen molar-refractivity contribution in [3.63, 3.8) is 0 Å². The third-order valence-electron chi connectivity index (χ3n) is 4.81. The number of carbonyl (C=O) groups is 3. The van der Waals surface area contributed by atoms with Crippen LogP contribution in [0.2, 0.25) is 0 Å². The molecule has 0 fully saturated rings. The maximum atomic E-state index is 13.5. The van der Waals surface area contributed by atoms with Crippen LogP contribution in [-0.2, 0) is 30.2 Å². The molecule has 1 aromatic carbocycles. The topological polar surface area (TPSA) is 120 Å². The largest absolute Gasteiger partial charge is 0.547 e. The van der Waals surface area contributed by atoms with Crippen LogP contribution in [0.15, 0.2) is 18.2 Å². The molecule has 0 radical (unpaired) electrons. The summed E-state index contributed by atoms with van der Waals surface area (Å²) >= 11 is 0. The number of rotatable bonds is 9. The molecule has 1 aliphatic rings. The first-order chi connectivity index (χ1) is 14.9. The second kappa shape index (κ2) is 10.3. The van der Waals surface area contributed by atoms with Crippen LogP contribution in [0.5, 0.6) is 5.75 Å². The van der Waals surface area contributed by atoms with Crippen LogP contribution in [0.3, 0.4) is 0 Å². The Morgan fingerprint density at radius 2 is 1.94 bits per heavy atom. The fraction of sp³-hybridized carbons (Fsp3) is 0.550. The fourth-order valence-corrected chi connectivity index (χ4v) is 2.95. The van der Waals surface area contributed by atoms with E-state index in [1.165, 1.54) is 26.0 Å². The number of para-hydroxylation sites is 1. The van der Waals surface area contributed by atoms with Crippen LogP contribution >= 0.6 is 0 Å². The maximum absolute atomic E-state index is 13.5. The Kier molecular flexibility index (Phi) is 8.19. The van der Waals surface area contributed by atoms with Gasteiger partial charge in [-0.25, -0.2) is 9.59 Å². The molecule has 2 rings (SSSR count). The van der Waals surface area contributed by atoms with E-state index in [1.807, 2.05) is 0 Å². The van der Waals surface area contributed by atoms with E-state index >= 15 is 0 Å². The minimum Gasteiger partial charge on any atom is -0.534 e. The molecular formula is C20H26BF2NO8. The molecule has 1 atom stereocenters. The van der Waals surface area contributed by atoms with E-state index in [0.717, 1.165) is 6.92 Å². The van der Waals surface area contributed by atoms with Gasteiger partial charge in [0.05, 0.1) is 5.94 Å². The van der Waals surface area contributed by atoms with Gasteiger partial charge in [0.25, 0.3) is 5.91 Å². The van der Waals surface area contributed by atoms with E-state index in [4.69, 9.17) is 18.9 Å². The number of esters is 2. The Morgan fingerprint density at radius 1 is 1.25 bits per heavy atom. The summed E-state index contributed by atoms with van der Waals surface area (Å²) in [4.78, 5) is 36.1. The van der Waals surface area contributed by atoms with Crippen molar-refractivity contribution in [3.8, 4) is 5.75 Å². The van der Waals surface area contributed by atoms with Gasteiger partial charge in [-0.15, -0.1) is 0 Å². The SMILES string of the molecule is CCOC(C)(C)C(=O)OCOC(=O)c1cccc2c1OB(O)[C@@H](NC(=O)C(F)(F)CC)C2. The average Bonchev–Trinajstić information content (AvgIpc) is 2.73. The normalized spacial score (nSPS) is 16.0. The Bertz CT molecular complexity index is 864. The smallest absolute Gasteiger partial charge is 0.534 e. The quantitative estimate of drug-likeness (QED) is 0.326. The summed E-state index contributed by atoms with van der Waals surface area (Å²) in [6, 6.07) is 4.42. The number of hydrogen-bond donors (Lipinski definition) is 2. The summed E-state index contributed by atoms with van der Waals surface area (Å²) in [5.74, 6) is -7.88. The van der Waals surface area contributed by atoms with Gasteiger partial charge in [0.1, 0.15) is 11.3 Å². The molecule has 0 aliphatic carbocycles. The van der Waals surface area contributed by atoms with Crippen LogP contribution in [0.25, 0.3) is 0 Å². The zero-order valence-electron chi connectivity index (χ0n) is 18.3. The van der Waals surface area contributed by atoms with Crippen molar-refractivity contribution in [1.82, 2.24) is 5.32 Å². The van der Waals surface area contributed by atoms with Gasteiger partial charge in [-0.2, -0.15) is 8.78 Å². The van der Waals surface area contributed by atoms with Gasteiger partial charge < -0.3 is 29.2 Å². The van der Waals surface area contributed by atoms with Gasteiger partial charge in [0.15, 0.2) is 5.60 Å². The standard InChI is InChI=1S/C20H26BF2NO8/c1-5-20(22,23)17(26)24-14-10-12-8-7-9-13(15(12)32-21(14)28)16(25)29-11-30-18(27)19(3,4)31-6-2/h7-9,14,28H,5-6,10-11H2,1-4H3,(H,24,26)/t14-/m0/s1. The van der Waals surface area contributed by atoms with E-state index in [2.05, 4.69) is 5.32 Å². The number of nitrogens with one attached hydrogen (secondary N) is 1. The fourth-order valence-electron chi connectivity index (χ4n) is 2.95. The highest BCUT2D eigenvalue weighted by atomic mass is 19.3. The molecule has 1 aliphatic heterocycles. The molecule has 176 valence electrons. The van der Waals surface area contributed by atoms with Crippen molar-refractivity contribution in [3.05, 3.63) is 29.3 Å². The molecule has 0 spiro atoms. The summed E-state index contributed by atoms with van der Waals surface area (Å²) in [6.45, 7) is 5.51. The zero-order chi connectivity index (χ0) is 24.1. The van der Waals surface area contributed by atoms with Crippen LogP contribution in [0.1, 0.15) is 50.0 Å². The van der Waals surface area contributed by atoms with Gasteiger partial charge in [-0.3, -0.25) is 4.79 Å². The molecule has 1 amide bonds. The number of fused-ring (bicyclic) bond motifs is 1. The van der Waals surface area contributed by atoms with E-state index in [9.17, 15) is 28.2 Å². The lowest BCUT2D eigenvalue weighted by Gasteiger charge is -2.30. The maximum Gasteiger partial charge on any atom is 0.547 e. The first kappa shape index (κ1) is 25.5. The van der Waals surface area contributed by atoms with Crippen LogP contribution in [0.4, 0.5) is 8.78 Å². The second-order valence-electron chi connectivity index (χ2n) is 7.57. The van der Waals surface area contributed by atoms with Crippen LogP contribution in [-0.4, -0.2) is 60.9 Å². The minimum atomic E-state index is -3.58. The first-order valence-corrected chi connectivity index (χ1v) is 10.1. The first-order valence-electron chi connectivity index (χ1n) is 10.1. The summed E-state index contributed by atoms with van der Waals surface area (Å²) in [5.41, 5.74) is -0.886. The lowest BCUT2D eigenvalue weighted by Crippen LogP contribution is -2.56. The third kappa shape index (κ3) is 5.95. The number of ether oxygens (including phenoxy) is 3. The van der Waals surface area contributed by atoms with Crippen LogP contribution < -0.4 is 9.97 Å². The number of hydrogen-bond acceptors (Lipinski definition) is 8. The molecule has 1 heterocycles. The number of benzene rings is 1. The number of carbonyl (C=O) groups excluding carboxylic acids is 3. The molecule has 0 unspecified atom stereocenters. The predicted molar refractivity (Wildman–Crippen MR) is 108 cm³/mol. The predicted octanol–water partition coefficient (Wildman–Crippen LogP) is 1.64. The van der Waals surface area contributed by atoms with E-state index in [1.54, 1.807) is 13.0 Å². The molecule has 32 heavy (non-hydrogen) atoms. The molecule has 0 saturated heterocycles. The molecule has 0 bridgehead atoms. The summed E-state index contributed by atoms with van der Waals surface area (Å²) in [7, 11) is -1.67. The Hall–Kier alpha value is -2.73. The molecule has 9 nitrogen and oxygen atoms in total. The minimum absolute atomic E-state index is 0.0151. The Labute approximate surface area is 184 Å². The van der Waals surface area contributed by atoms with Crippen molar-refractivity contribution in [2.24, 2.45) is 0 Å². The van der Waals surface area contributed by atoms with E-state index in [-0.39, 0.29) is 24.3 Å². The molecular weight excluding hydrogens is 431 g/mol. The van der Waals surface area contributed by atoms with Crippen molar-refractivity contribution in [2.75, 3.05) is 13.4 Å². The molecule has 0 aromatic heterocycles. The van der Waals surface area contributed by atoms with Gasteiger partial charge >= 0.3 is 25.0 Å². The second-order valence-corrected chi connectivity index (χ2v) is 7.57. The lowest BCUT2D eigenvalue weighted by molar-refractivity contribution is -0.175. The van der Waals surface area contributed by atoms with Crippen molar-refractivity contribution >= 4 is 25.0 Å². The summed E-state index contributed by atoms with van der Waals surface area (Å²) in [5, 5.41) is 12.3. The Balaban J connectivity index is 2.05. The van der Waals surface area contributed by atoms with E-state index < -0.39 is 55.6 Å². The highest BCUT2D eigenvalue weighted by molar-refractivity contribution is 6.47. The van der Waals surface area contributed by atoms with Gasteiger partial charge in [0, 0.05) is 13.0 Å². The number of amides is 1. The average molecular weight is 457 g/mol. The summed E-state index contributed by atoms with van der Waals surface area (Å²) in [6.07, 6.45) is -0.748. The number of alkyl halides is 2. The van der Waals surface area contributed by atoms with Crippen molar-refractivity contribution in [1.29, 1.82) is 0 Å². The zero-order valence-corrected chi connectivity index (χ0v) is 18.3. The monoisotopic (exact) mass is 457 g/mol. The van der Waals surface area contributed by atoms with E-state index in [0.29, 0.717) is 5.56 Å². The highest BCUT2D eigenvalue weighted by Crippen LogP contribution is 2.31. The van der Waals surface area contributed by atoms with Crippen molar-refractivity contribution < 1.29 is 47.1 Å². The van der Waals surface area contributed by atoms with Gasteiger partial charge in [-0.05, 0) is 38.8 Å². The Morgan fingerprint density at radius 3 is 2.56 bits per heavy atom.